The second kappa shape index (κ2) is 4.54. The first-order chi connectivity index (χ1) is 7.02. The van der Waals surface area contributed by atoms with Crippen LogP contribution in [-0.2, 0) is 16.0 Å². The number of ether oxygens (including phenoxy) is 1. The zero-order valence-corrected chi connectivity index (χ0v) is 7.99. The highest BCUT2D eigenvalue weighted by Gasteiger charge is 2.13. The second-order valence-electron chi connectivity index (χ2n) is 2.90. The van der Waals surface area contributed by atoms with Gasteiger partial charge in [-0.3, -0.25) is 4.79 Å². The van der Waals surface area contributed by atoms with Gasteiger partial charge in [0.1, 0.15) is 11.6 Å². The van der Waals surface area contributed by atoms with Crippen molar-refractivity contribution in [1.29, 1.82) is 0 Å². The molecule has 0 unspecified atom stereocenters. The van der Waals surface area contributed by atoms with E-state index >= 15 is 0 Å². The van der Waals surface area contributed by atoms with Crippen LogP contribution in [0.5, 0.6) is 5.75 Å². The molecule has 0 aliphatic rings. The normalized spacial score (nSPS) is 9.73. The number of carboxylic acids is 1. The van der Waals surface area contributed by atoms with Crippen LogP contribution in [0.15, 0.2) is 18.2 Å². The molecule has 1 rings (SSSR count). The van der Waals surface area contributed by atoms with E-state index in [-0.39, 0.29) is 17.7 Å². The molecule has 0 aliphatic carbocycles. The Morgan fingerprint density at radius 1 is 1.40 bits per heavy atom. The molecule has 1 aromatic rings. The van der Waals surface area contributed by atoms with Crippen LogP contribution in [0.4, 0.5) is 4.39 Å². The average Bonchev–Trinajstić information content (AvgIpc) is 2.16. The number of hydrogen-bond donors (Lipinski definition) is 1. The summed E-state index contributed by atoms with van der Waals surface area (Å²) < 4.78 is 17.7. The number of carbonyl (C=O) groups excluding carboxylic acids is 1. The Labute approximate surface area is 85.3 Å². The molecule has 4 nitrogen and oxygen atoms in total. The number of carboxylic acid groups (broad SMARTS) is 1. The molecule has 0 radical (unpaired) electrons. The standard InChI is InChI=1S/C10H9FO4/c1-15-8-3-6(2-7(11)5-8)4-9(12)10(13)14/h2-3,5H,4H2,1H3,(H,13,14). The molecular formula is C10H9FO4. The number of carbonyl (C=O) groups is 2. The maximum atomic E-state index is 12.9. The summed E-state index contributed by atoms with van der Waals surface area (Å²) in [7, 11) is 1.36. The van der Waals surface area contributed by atoms with Gasteiger partial charge >= 0.3 is 5.97 Å². The van der Waals surface area contributed by atoms with Crippen LogP contribution in [0.3, 0.4) is 0 Å². The molecule has 5 heteroatoms. The Balaban J connectivity index is 2.90. The fraction of sp³-hybridized carbons (Fsp3) is 0.200. The maximum absolute atomic E-state index is 12.9. The number of ketones is 1. The summed E-state index contributed by atoms with van der Waals surface area (Å²) in [6.07, 6.45) is -0.344. The van der Waals surface area contributed by atoms with Crippen LogP contribution in [0.25, 0.3) is 0 Å². The third-order valence-corrected chi connectivity index (χ3v) is 1.77. The molecule has 0 amide bonds. The van der Waals surface area contributed by atoms with E-state index in [4.69, 9.17) is 9.84 Å². The fourth-order valence-electron chi connectivity index (χ4n) is 1.10. The van der Waals surface area contributed by atoms with E-state index in [9.17, 15) is 14.0 Å². The van der Waals surface area contributed by atoms with Crippen LogP contribution >= 0.6 is 0 Å². The van der Waals surface area contributed by atoms with Crippen LogP contribution in [0.2, 0.25) is 0 Å². The predicted octanol–water partition coefficient (Wildman–Crippen LogP) is 1.03. The Morgan fingerprint density at radius 2 is 2.07 bits per heavy atom. The van der Waals surface area contributed by atoms with Gasteiger partial charge in [-0.05, 0) is 17.7 Å². The minimum atomic E-state index is -1.53. The Hall–Kier alpha value is -1.91. The van der Waals surface area contributed by atoms with Gasteiger partial charge in [-0.25, -0.2) is 9.18 Å². The molecule has 1 aromatic carbocycles. The van der Waals surface area contributed by atoms with E-state index < -0.39 is 17.6 Å². The monoisotopic (exact) mass is 212 g/mol. The highest BCUT2D eigenvalue weighted by molar-refractivity contribution is 6.33. The van der Waals surface area contributed by atoms with Crippen molar-refractivity contribution in [1.82, 2.24) is 0 Å². The van der Waals surface area contributed by atoms with Crippen molar-refractivity contribution in [2.24, 2.45) is 0 Å². The third-order valence-electron chi connectivity index (χ3n) is 1.77. The molecule has 1 N–H and O–H groups in total. The molecule has 15 heavy (non-hydrogen) atoms. The van der Waals surface area contributed by atoms with E-state index in [1.165, 1.54) is 13.2 Å². The van der Waals surface area contributed by atoms with Gasteiger partial charge in [0, 0.05) is 12.5 Å². The van der Waals surface area contributed by atoms with Crippen molar-refractivity contribution in [2.45, 2.75) is 6.42 Å². The smallest absolute Gasteiger partial charge is 0.372 e. The van der Waals surface area contributed by atoms with Gasteiger partial charge in [-0.1, -0.05) is 0 Å². The summed E-state index contributed by atoms with van der Waals surface area (Å²) in [5.74, 6) is -2.83. The lowest BCUT2D eigenvalue weighted by Gasteiger charge is -2.03. The van der Waals surface area contributed by atoms with Gasteiger partial charge in [0.25, 0.3) is 0 Å². The lowest BCUT2D eigenvalue weighted by atomic mass is 10.1. The van der Waals surface area contributed by atoms with Crippen molar-refractivity contribution in [2.75, 3.05) is 7.11 Å². The van der Waals surface area contributed by atoms with E-state index in [2.05, 4.69) is 0 Å². The zero-order valence-electron chi connectivity index (χ0n) is 7.99. The highest BCUT2D eigenvalue weighted by atomic mass is 19.1. The molecule has 0 atom stereocenters. The fourth-order valence-corrected chi connectivity index (χ4v) is 1.10. The van der Waals surface area contributed by atoms with Crippen molar-refractivity contribution < 1.29 is 23.8 Å². The zero-order chi connectivity index (χ0) is 11.4. The van der Waals surface area contributed by atoms with Crippen LogP contribution in [0.1, 0.15) is 5.56 Å². The highest BCUT2D eigenvalue weighted by Crippen LogP contribution is 2.16. The molecule has 0 aliphatic heterocycles. The van der Waals surface area contributed by atoms with Crippen molar-refractivity contribution >= 4 is 11.8 Å². The van der Waals surface area contributed by atoms with E-state index in [0.717, 1.165) is 12.1 Å². The number of aliphatic carboxylic acids is 1. The Bertz CT molecular complexity index is 400. The average molecular weight is 212 g/mol. The first-order valence-corrected chi connectivity index (χ1v) is 4.12. The SMILES string of the molecule is COc1cc(F)cc(CC(=O)C(=O)O)c1. The summed E-state index contributed by atoms with van der Waals surface area (Å²) in [5, 5.41) is 8.36. The third kappa shape index (κ3) is 3.05. The predicted molar refractivity (Wildman–Crippen MR) is 49.3 cm³/mol. The quantitative estimate of drug-likeness (QED) is 0.757. The van der Waals surface area contributed by atoms with Gasteiger partial charge in [-0.2, -0.15) is 0 Å². The van der Waals surface area contributed by atoms with Crippen LogP contribution in [0, 0.1) is 5.82 Å². The summed E-state index contributed by atoms with van der Waals surface area (Å²) in [5.41, 5.74) is 0.277. The number of halogens is 1. The van der Waals surface area contributed by atoms with E-state index in [0.29, 0.717) is 0 Å². The molecule has 0 heterocycles. The topological polar surface area (TPSA) is 63.6 Å². The maximum Gasteiger partial charge on any atom is 0.372 e. The molecule has 0 fully saturated rings. The minimum Gasteiger partial charge on any atom is -0.497 e. The molecule has 0 saturated heterocycles. The molecule has 0 aromatic heterocycles. The number of Topliss-reactive ketones (excluding diaryl/α,β-unsaturated/α-hetero) is 1. The lowest BCUT2D eigenvalue weighted by Crippen LogP contribution is -2.15. The molecule has 0 saturated carbocycles. The summed E-state index contributed by atoms with van der Waals surface area (Å²) >= 11 is 0. The van der Waals surface area contributed by atoms with Gasteiger partial charge < -0.3 is 9.84 Å². The minimum absolute atomic E-state index is 0.253. The van der Waals surface area contributed by atoms with Crippen molar-refractivity contribution in [3.8, 4) is 5.75 Å². The number of benzene rings is 1. The first kappa shape index (κ1) is 11.2. The summed E-state index contributed by atoms with van der Waals surface area (Å²) in [6.45, 7) is 0. The number of methoxy groups -OCH3 is 1. The van der Waals surface area contributed by atoms with Crippen LogP contribution in [-0.4, -0.2) is 24.0 Å². The van der Waals surface area contributed by atoms with Gasteiger partial charge in [0.15, 0.2) is 0 Å². The summed E-state index contributed by atoms with van der Waals surface area (Å²) in [6, 6.07) is 3.67. The van der Waals surface area contributed by atoms with Crippen molar-refractivity contribution in [3.63, 3.8) is 0 Å². The Kier molecular flexibility index (Phi) is 3.38. The molecular weight excluding hydrogens is 203 g/mol. The molecule has 0 spiro atoms. The number of hydrogen-bond acceptors (Lipinski definition) is 3. The van der Waals surface area contributed by atoms with Gasteiger partial charge in [0.05, 0.1) is 7.11 Å². The first-order valence-electron chi connectivity index (χ1n) is 4.12. The van der Waals surface area contributed by atoms with E-state index in [1.807, 2.05) is 0 Å². The lowest BCUT2D eigenvalue weighted by molar-refractivity contribution is -0.148. The van der Waals surface area contributed by atoms with E-state index in [1.54, 1.807) is 0 Å². The van der Waals surface area contributed by atoms with Crippen molar-refractivity contribution in [3.05, 3.63) is 29.6 Å². The summed E-state index contributed by atoms with van der Waals surface area (Å²) in [4.78, 5) is 21.1. The largest absolute Gasteiger partial charge is 0.497 e. The molecule has 80 valence electrons. The second-order valence-corrected chi connectivity index (χ2v) is 2.90. The number of rotatable bonds is 4. The van der Waals surface area contributed by atoms with Gasteiger partial charge in [0.2, 0.25) is 5.78 Å². The molecule has 0 bridgehead atoms. The Morgan fingerprint density at radius 3 is 2.60 bits per heavy atom. The van der Waals surface area contributed by atoms with Crippen LogP contribution < -0.4 is 4.74 Å². The van der Waals surface area contributed by atoms with Gasteiger partial charge in [-0.15, -0.1) is 0 Å².